The lowest BCUT2D eigenvalue weighted by Gasteiger charge is -2.16. The van der Waals surface area contributed by atoms with Crippen molar-refractivity contribution in [3.05, 3.63) is 28.8 Å². The van der Waals surface area contributed by atoms with Crippen LogP contribution in [0.15, 0.2) is 23.3 Å². The van der Waals surface area contributed by atoms with Crippen LogP contribution in [-0.4, -0.2) is 14.9 Å². The SMILES string of the molecule is O=c1cnsn1C1C=CNCC1. The van der Waals surface area contributed by atoms with E-state index in [1.807, 2.05) is 12.3 Å². The predicted octanol–water partition coefficient (Wildman–Crippen LogP) is 0.353. The Balaban J connectivity index is 2.30. The monoisotopic (exact) mass is 183 g/mol. The molecular formula is C7H9N3OS. The van der Waals surface area contributed by atoms with E-state index in [4.69, 9.17) is 0 Å². The summed E-state index contributed by atoms with van der Waals surface area (Å²) in [7, 11) is 0. The summed E-state index contributed by atoms with van der Waals surface area (Å²) < 4.78 is 5.53. The van der Waals surface area contributed by atoms with Gasteiger partial charge in [0.2, 0.25) is 0 Å². The molecule has 0 bridgehead atoms. The number of allylic oxidation sites excluding steroid dienone is 1. The standard InChI is InChI=1S/C7H9N3OS/c11-7-5-9-12-10(7)6-1-3-8-4-2-6/h1,3,5-6,8H,2,4H2. The molecule has 0 amide bonds. The highest BCUT2D eigenvalue weighted by atomic mass is 32.1. The Morgan fingerprint density at radius 1 is 1.75 bits per heavy atom. The minimum Gasteiger partial charge on any atom is -0.391 e. The molecule has 0 aromatic carbocycles. The molecule has 1 aromatic heterocycles. The van der Waals surface area contributed by atoms with Crippen LogP contribution in [0.3, 0.4) is 0 Å². The molecule has 1 aromatic rings. The Hall–Kier alpha value is -1.10. The molecule has 4 nitrogen and oxygen atoms in total. The molecule has 0 saturated carbocycles. The molecule has 1 unspecified atom stereocenters. The summed E-state index contributed by atoms with van der Waals surface area (Å²) >= 11 is 1.23. The van der Waals surface area contributed by atoms with Gasteiger partial charge in [0.05, 0.1) is 6.04 Å². The van der Waals surface area contributed by atoms with Crippen molar-refractivity contribution in [2.24, 2.45) is 0 Å². The molecule has 64 valence electrons. The van der Waals surface area contributed by atoms with Gasteiger partial charge in [-0.1, -0.05) is 0 Å². The van der Waals surface area contributed by atoms with E-state index in [9.17, 15) is 4.79 Å². The Morgan fingerprint density at radius 3 is 3.25 bits per heavy atom. The molecule has 0 aliphatic carbocycles. The Morgan fingerprint density at radius 2 is 2.67 bits per heavy atom. The smallest absolute Gasteiger partial charge is 0.280 e. The third-order valence-electron chi connectivity index (χ3n) is 1.84. The zero-order valence-corrected chi connectivity index (χ0v) is 7.25. The van der Waals surface area contributed by atoms with Gasteiger partial charge in [0, 0.05) is 18.3 Å². The van der Waals surface area contributed by atoms with Gasteiger partial charge in [-0.05, 0) is 18.7 Å². The van der Waals surface area contributed by atoms with Gasteiger partial charge in [-0.2, -0.15) is 4.37 Å². The zero-order chi connectivity index (χ0) is 8.39. The van der Waals surface area contributed by atoms with E-state index in [2.05, 4.69) is 9.69 Å². The molecule has 0 fully saturated rings. The normalized spacial score (nSPS) is 22.2. The largest absolute Gasteiger partial charge is 0.391 e. The van der Waals surface area contributed by atoms with E-state index in [1.54, 1.807) is 3.96 Å². The highest BCUT2D eigenvalue weighted by Gasteiger charge is 2.12. The first-order valence-electron chi connectivity index (χ1n) is 3.82. The van der Waals surface area contributed by atoms with Crippen LogP contribution in [-0.2, 0) is 0 Å². The van der Waals surface area contributed by atoms with Crippen molar-refractivity contribution in [1.29, 1.82) is 0 Å². The number of aromatic nitrogens is 2. The van der Waals surface area contributed by atoms with Crippen molar-refractivity contribution in [3.8, 4) is 0 Å². The second-order valence-corrected chi connectivity index (χ2v) is 3.42. The van der Waals surface area contributed by atoms with Crippen molar-refractivity contribution in [2.75, 3.05) is 6.54 Å². The highest BCUT2D eigenvalue weighted by Crippen LogP contribution is 2.14. The number of hydrogen-bond donors (Lipinski definition) is 1. The molecule has 0 radical (unpaired) electrons. The Labute approximate surface area is 73.8 Å². The first-order valence-corrected chi connectivity index (χ1v) is 4.55. The molecule has 0 spiro atoms. The molecule has 1 aliphatic heterocycles. The molecule has 2 heterocycles. The fraction of sp³-hybridized carbons (Fsp3) is 0.429. The fourth-order valence-electron chi connectivity index (χ4n) is 1.23. The van der Waals surface area contributed by atoms with Gasteiger partial charge in [0.25, 0.3) is 5.56 Å². The van der Waals surface area contributed by atoms with E-state index >= 15 is 0 Å². The summed E-state index contributed by atoms with van der Waals surface area (Å²) in [4.78, 5) is 11.2. The van der Waals surface area contributed by atoms with Crippen LogP contribution >= 0.6 is 11.7 Å². The molecular weight excluding hydrogens is 174 g/mol. The van der Waals surface area contributed by atoms with Crippen molar-refractivity contribution >= 4 is 11.7 Å². The second-order valence-electron chi connectivity index (χ2n) is 2.65. The third kappa shape index (κ3) is 1.27. The van der Waals surface area contributed by atoms with Crippen LogP contribution in [0.2, 0.25) is 0 Å². The van der Waals surface area contributed by atoms with Crippen LogP contribution in [0.25, 0.3) is 0 Å². The highest BCUT2D eigenvalue weighted by molar-refractivity contribution is 6.99. The molecule has 0 saturated heterocycles. The van der Waals surface area contributed by atoms with E-state index in [0.717, 1.165) is 13.0 Å². The van der Waals surface area contributed by atoms with Gasteiger partial charge < -0.3 is 5.32 Å². The fourth-order valence-corrected chi connectivity index (χ4v) is 1.89. The molecule has 1 aliphatic rings. The number of hydrogen-bond acceptors (Lipinski definition) is 4. The van der Waals surface area contributed by atoms with Crippen molar-refractivity contribution in [3.63, 3.8) is 0 Å². The number of nitrogens with one attached hydrogen (secondary N) is 1. The van der Waals surface area contributed by atoms with E-state index in [-0.39, 0.29) is 11.6 Å². The minimum absolute atomic E-state index is 0.00319. The molecule has 12 heavy (non-hydrogen) atoms. The Bertz CT molecular complexity index is 340. The van der Waals surface area contributed by atoms with Gasteiger partial charge in [0.1, 0.15) is 6.20 Å². The quantitative estimate of drug-likeness (QED) is 0.683. The summed E-state index contributed by atoms with van der Waals surface area (Å²) in [6, 6.07) is 0.200. The topological polar surface area (TPSA) is 46.9 Å². The predicted molar refractivity (Wildman–Crippen MR) is 47.2 cm³/mol. The van der Waals surface area contributed by atoms with Crippen LogP contribution in [0.4, 0.5) is 0 Å². The minimum atomic E-state index is -0.00319. The molecule has 2 rings (SSSR count). The maximum Gasteiger partial charge on any atom is 0.280 e. The average molecular weight is 183 g/mol. The van der Waals surface area contributed by atoms with E-state index in [1.165, 1.54) is 17.9 Å². The maximum atomic E-state index is 11.2. The lowest BCUT2D eigenvalue weighted by Crippen LogP contribution is -2.24. The summed E-state index contributed by atoms with van der Waals surface area (Å²) in [6.45, 7) is 0.922. The first kappa shape index (κ1) is 7.54. The average Bonchev–Trinajstić information content (AvgIpc) is 2.53. The van der Waals surface area contributed by atoms with Crippen LogP contribution in [0, 0.1) is 0 Å². The van der Waals surface area contributed by atoms with E-state index in [0.29, 0.717) is 0 Å². The van der Waals surface area contributed by atoms with Gasteiger partial charge in [0.15, 0.2) is 0 Å². The summed E-state index contributed by atoms with van der Waals surface area (Å²) in [5.74, 6) is 0. The number of rotatable bonds is 1. The van der Waals surface area contributed by atoms with Crippen molar-refractivity contribution in [2.45, 2.75) is 12.5 Å². The lowest BCUT2D eigenvalue weighted by atomic mass is 10.2. The lowest BCUT2D eigenvalue weighted by molar-refractivity contribution is 0.543. The third-order valence-corrected chi connectivity index (χ3v) is 2.66. The van der Waals surface area contributed by atoms with Crippen LogP contribution < -0.4 is 10.9 Å². The summed E-state index contributed by atoms with van der Waals surface area (Å²) in [6.07, 6.45) is 6.20. The molecule has 1 atom stereocenters. The van der Waals surface area contributed by atoms with Gasteiger partial charge in [-0.25, -0.2) is 3.96 Å². The van der Waals surface area contributed by atoms with Crippen LogP contribution in [0.5, 0.6) is 0 Å². The van der Waals surface area contributed by atoms with Crippen molar-refractivity contribution in [1.82, 2.24) is 13.6 Å². The summed E-state index contributed by atoms with van der Waals surface area (Å²) in [5.41, 5.74) is -0.00319. The molecule has 5 heteroatoms. The Kier molecular flexibility index (Phi) is 1.95. The second kappa shape index (κ2) is 3.10. The van der Waals surface area contributed by atoms with Crippen molar-refractivity contribution < 1.29 is 0 Å². The molecule has 1 N–H and O–H groups in total. The van der Waals surface area contributed by atoms with Gasteiger partial charge in [-0.3, -0.25) is 4.79 Å². The number of nitrogens with zero attached hydrogens (tertiary/aromatic N) is 2. The maximum absolute atomic E-state index is 11.2. The van der Waals surface area contributed by atoms with Crippen LogP contribution in [0.1, 0.15) is 12.5 Å². The zero-order valence-electron chi connectivity index (χ0n) is 6.43. The van der Waals surface area contributed by atoms with E-state index < -0.39 is 0 Å². The van der Waals surface area contributed by atoms with Gasteiger partial charge in [-0.15, -0.1) is 0 Å². The van der Waals surface area contributed by atoms with Gasteiger partial charge >= 0.3 is 0 Å². The first-order chi connectivity index (χ1) is 5.88. The summed E-state index contributed by atoms with van der Waals surface area (Å²) in [5, 5.41) is 3.08.